The van der Waals surface area contributed by atoms with Crippen molar-refractivity contribution in [2.75, 3.05) is 48.0 Å². The predicted octanol–water partition coefficient (Wildman–Crippen LogP) is 4.68. The second kappa shape index (κ2) is 16.9. The third-order valence-electron chi connectivity index (χ3n) is 7.07. The number of carbonyl (C=O) groups is 4. The van der Waals surface area contributed by atoms with E-state index >= 15 is 0 Å². The molecule has 0 saturated heterocycles. The van der Waals surface area contributed by atoms with E-state index in [1.807, 2.05) is 0 Å². The fourth-order valence-electron chi connectivity index (χ4n) is 4.59. The maximum absolute atomic E-state index is 13.0. The summed E-state index contributed by atoms with van der Waals surface area (Å²) in [5.74, 6) is -0.356. The monoisotopic (exact) mass is 685 g/mol. The van der Waals surface area contributed by atoms with Gasteiger partial charge in [-0.25, -0.2) is 4.79 Å². The maximum Gasteiger partial charge on any atom is 0.343 e. The van der Waals surface area contributed by atoms with Crippen LogP contribution in [0.4, 0.5) is 5.69 Å². The van der Waals surface area contributed by atoms with Crippen LogP contribution in [0.1, 0.15) is 36.6 Å². The average molecular weight is 686 g/mol. The number of esters is 1. The highest BCUT2D eigenvalue weighted by molar-refractivity contribution is 6.05. The second-order valence-corrected chi connectivity index (χ2v) is 10.1. The van der Waals surface area contributed by atoms with Crippen LogP contribution < -0.4 is 49.3 Å². The largest absolute Gasteiger partial charge is 0.493 e. The number of methoxy groups -OCH3 is 6. The number of anilines is 1. The molecule has 14 nitrogen and oxygen atoms in total. The van der Waals surface area contributed by atoms with Gasteiger partial charge in [-0.05, 0) is 60.7 Å². The molecule has 0 spiro atoms. The zero-order valence-corrected chi connectivity index (χ0v) is 28.1. The van der Waals surface area contributed by atoms with Crippen LogP contribution in [0.15, 0.2) is 78.9 Å². The molecule has 3 N–H and O–H groups in total. The van der Waals surface area contributed by atoms with E-state index in [9.17, 15) is 19.2 Å². The topological polar surface area (TPSA) is 169 Å². The first-order valence-electron chi connectivity index (χ1n) is 14.8. The van der Waals surface area contributed by atoms with E-state index in [0.29, 0.717) is 34.2 Å². The highest BCUT2D eigenvalue weighted by Crippen LogP contribution is 2.39. The first-order chi connectivity index (χ1) is 24.1. The van der Waals surface area contributed by atoms with Crippen LogP contribution >= 0.6 is 0 Å². The van der Waals surface area contributed by atoms with E-state index in [4.69, 9.17) is 33.2 Å². The number of rotatable bonds is 13. The fourth-order valence-corrected chi connectivity index (χ4v) is 4.59. The predicted molar refractivity (Wildman–Crippen MR) is 183 cm³/mol. The molecule has 0 aliphatic heterocycles. The van der Waals surface area contributed by atoms with Crippen molar-refractivity contribution >= 4 is 35.5 Å². The lowest BCUT2D eigenvalue weighted by Crippen LogP contribution is -2.40. The summed E-state index contributed by atoms with van der Waals surface area (Å²) < 4.78 is 37.4. The molecule has 0 aromatic heterocycles. The Hall–Kier alpha value is -6.70. The minimum Gasteiger partial charge on any atom is -0.493 e. The molecule has 260 valence electrons. The Morgan fingerprint density at radius 3 is 1.58 bits per heavy atom. The Kier molecular flexibility index (Phi) is 12.2. The molecular weight excluding hydrogens is 650 g/mol. The van der Waals surface area contributed by atoms with Crippen LogP contribution in [0.5, 0.6) is 40.2 Å². The van der Waals surface area contributed by atoms with Gasteiger partial charge in [0, 0.05) is 28.5 Å². The molecule has 0 aliphatic carbocycles. The number of benzene rings is 4. The molecule has 0 saturated carbocycles. The number of amides is 3. The normalized spacial score (nSPS) is 10.4. The molecule has 0 bridgehead atoms. The van der Waals surface area contributed by atoms with Crippen LogP contribution in [0.25, 0.3) is 6.08 Å². The van der Waals surface area contributed by atoms with Gasteiger partial charge in [0.2, 0.25) is 11.5 Å². The van der Waals surface area contributed by atoms with Crippen molar-refractivity contribution in [2.45, 2.75) is 0 Å². The van der Waals surface area contributed by atoms with Crippen LogP contribution in [-0.2, 0) is 4.79 Å². The SMILES string of the molecule is COc1cc(C(=O)Nc2ccc(C(=O)NNC(=O)/C=C/c3ccccc3OC(=O)c3cc(OC)c(OC)c(OC)c3)cc2)cc(OC)c1OC. The highest BCUT2D eigenvalue weighted by atomic mass is 16.5. The lowest BCUT2D eigenvalue weighted by molar-refractivity contribution is -0.117. The Morgan fingerprint density at radius 2 is 1.06 bits per heavy atom. The number of hydrogen-bond acceptors (Lipinski definition) is 11. The van der Waals surface area contributed by atoms with Crippen LogP contribution in [0.3, 0.4) is 0 Å². The van der Waals surface area contributed by atoms with Gasteiger partial charge < -0.3 is 38.5 Å². The summed E-state index contributed by atoms with van der Waals surface area (Å²) in [5, 5.41) is 2.74. The van der Waals surface area contributed by atoms with E-state index in [0.717, 1.165) is 6.08 Å². The van der Waals surface area contributed by atoms with Crippen molar-refractivity contribution in [3.63, 3.8) is 0 Å². The van der Waals surface area contributed by atoms with Crippen LogP contribution in [-0.4, -0.2) is 66.3 Å². The molecule has 0 fully saturated rings. The van der Waals surface area contributed by atoms with E-state index in [-0.39, 0.29) is 33.9 Å². The van der Waals surface area contributed by atoms with Gasteiger partial charge in [0.25, 0.3) is 17.7 Å². The van der Waals surface area contributed by atoms with Crippen molar-refractivity contribution in [3.8, 4) is 40.2 Å². The van der Waals surface area contributed by atoms with Crippen molar-refractivity contribution in [2.24, 2.45) is 0 Å². The fraction of sp³-hybridized carbons (Fsp3) is 0.167. The van der Waals surface area contributed by atoms with Gasteiger partial charge in [-0.15, -0.1) is 0 Å². The highest BCUT2D eigenvalue weighted by Gasteiger charge is 2.20. The smallest absolute Gasteiger partial charge is 0.343 e. The summed E-state index contributed by atoms with van der Waals surface area (Å²) in [6.45, 7) is 0. The maximum atomic E-state index is 13.0. The molecule has 50 heavy (non-hydrogen) atoms. The molecule has 0 aliphatic rings. The van der Waals surface area contributed by atoms with Crippen molar-refractivity contribution in [3.05, 3.63) is 101 Å². The van der Waals surface area contributed by atoms with Gasteiger partial charge in [0.05, 0.1) is 48.2 Å². The average Bonchev–Trinajstić information content (AvgIpc) is 3.15. The Bertz CT molecular complexity index is 1860. The molecule has 4 aromatic rings. The second-order valence-electron chi connectivity index (χ2n) is 10.1. The zero-order valence-electron chi connectivity index (χ0n) is 28.1. The van der Waals surface area contributed by atoms with Crippen LogP contribution in [0, 0.1) is 0 Å². The Balaban J connectivity index is 1.35. The molecule has 0 heterocycles. The number of nitrogens with one attached hydrogen (secondary N) is 3. The molecule has 4 aromatic carbocycles. The lowest BCUT2D eigenvalue weighted by Gasteiger charge is -2.14. The van der Waals surface area contributed by atoms with Gasteiger partial charge in [-0.1, -0.05) is 18.2 Å². The van der Waals surface area contributed by atoms with Crippen molar-refractivity contribution in [1.82, 2.24) is 10.9 Å². The number of para-hydroxylation sites is 1. The number of hydrazine groups is 1. The molecule has 0 radical (unpaired) electrons. The Morgan fingerprint density at radius 1 is 0.540 bits per heavy atom. The van der Waals surface area contributed by atoms with Gasteiger partial charge in [-0.2, -0.15) is 0 Å². The molecule has 4 rings (SSSR count). The molecule has 3 amide bonds. The third-order valence-corrected chi connectivity index (χ3v) is 7.07. The summed E-state index contributed by atoms with van der Waals surface area (Å²) >= 11 is 0. The van der Waals surface area contributed by atoms with Crippen molar-refractivity contribution < 1.29 is 52.3 Å². The van der Waals surface area contributed by atoms with Gasteiger partial charge in [0.1, 0.15) is 5.75 Å². The van der Waals surface area contributed by atoms with E-state index < -0.39 is 23.7 Å². The molecular formula is C36H35N3O11. The summed E-state index contributed by atoms with van der Waals surface area (Å²) in [7, 11) is 8.66. The summed E-state index contributed by atoms with van der Waals surface area (Å²) in [6, 6.07) is 18.5. The van der Waals surface area contributed by atoms with Crippen molar-refractivity contribution in [1.29, 1.82) is 0 Å². The van der Waals surface area contributed by atoms with Gasteiger partial charge in [0.15, 0.2) is 23.0 Å². The Labute approximate surface area is 287 Å². The van der Waals surface area contributed by atoms with Gasteiger partial charge >= 0.3 is 5.97 Å². The van der Waals surface area contributed by atoms with Gasteiger partial charge in [-0.3, -0.25) is 25.2 Å². The summed E-state index contributed by atoms with van der Waals surface area (Å²) in [6.07, 6.45) is 2.58. The lowest BCUT2D eigenvalue weighted by atomic mass is 10.1. The summed E-state index contributed by atoms with van der Waals surface area (Å²) in [4.78, 5) is 51.1. The number of ether oxygens (including phenoxy) is 7. The standard InChI is InChI=1S/C36H35N3O11/c1-44-27-17-23(18-28(45-2)32(27)48-5)34(41)37-25-14-11-22(12-15-25)35(42)39-38-31(40)16-13-21-9-7-8-10-26(21)50-36(43)24-19-29(46-3)33(49-6)30(20-24)47-4/h7-20H,1-6H3,(H,37,41)(H,38,40)(H,39,42)/b16-13+. The summed E-state index contributed by atoms with van der Waals surface area (Å²) in [5.41, 5.74) is 6.06. The quantitative estimate of drug-likeness (QED) is 0.0773. The van der Waals surface area contributed by atoms with E-state index in [2.05, 4.69) is 16.2 Å². The van der Waals surface area contributed by atoms with Crippen LogP contribution in [0.2, 0.25) is 0 Å². The zero-order chi connectivity index (χ0) is 36.2. The first kappa shape index (κ1) is 36.1. The number of carbonyl (C=O) groups excluding carboxylic acids is 4. The minimum absolute atomic E-state index is 0.146. The number of hydrogen-bond donors (Lipinski definition) is 3. The van der Waals surface area contributed by atoms with E-state index in [1.165, 1.54) is 97.3 Å². The first-order valence-corrected chi connectivity index (χ1v) is 14.8. The molecule has 0 atom stereocenters. The molecule has 14 heteroatoms. The minimum atomic E-state index is -0.700. The molecule has 0 unspecified atom stereocenters. The third kappa shape index (κ3) is 8.60. The van der Waals surface area contributed by atoms with E-state index in [1.54, 1.807) is 24.3 Å².